The molecule has 1 aromatic rings. The molecule has 1 atom stereocenters. The number of thioether (sulfide) groups is 1. The van der Waals surface area contributed by atoms with Crippen LogP contribution < -0.4 is 5.73 Å². The highest BCUT2D eigenvalue weighted by molar-refractivity contribution is 7.99. The van der Waals surface area contributed by atoms with E-state index in [-0.39, 0.29) is 6.04 Å². The monoisotopic (exact) mass is 238 g/mol. The van der Waals surface area contributed by atoms with Crippen LogP contribution in [0.25, 0.3) is 0 Å². The molecule has 90 valence electrons. The Balaban J connectivity index is 2.64. The molecule has 1 aromatic carbocycles. The molecule has 16 heavy (non-hydrogen) atoms. The molecular weight excluding hydrogens is 216 g/mol. The molecule has 2 nitrogen and oxygen atoms in total. The van der Waals surface area contributed by atoms with Gasteiger partial charge in [0, 0.05) is 23.2 Å². The third-order valence-corrected chi connectivity index (χ3v) is 3.62. The van der Waals surface area contributed by atoms with E-state index < -0.39 is 0 Å². The van der Waals surface area contributed by atoms with Crippen molar-refractivity contribution in [2.75, 3.05) is 26.4 Å². The van der Waals surface area contributed by atoms with Gasteiger partial charge in [-0.15, -0.1) is 11.8 Å². The van der Waals surface area contributed by atoms with Crippen molar-refractivity contribution < 1.29 is 0 Å². The summed E-state index contributed by atoms with van der Waals surface area (Å²) >= 11 is 1.90. The number of hydrogen-bond donors (Lipinski definition) is 1. The van der Waals surface area contributed by atoms with Crippen LogP contribution in [0.1, 0.15) is 24.9 Å². The summed E-state index contributed by atoms with van der Waals surface area (Å²) in [5.41, 5.74) is 7.39. The van der Waals surface area contributed by atoms with Gasteiger partial charge < -0.3 is 10.6 Å². The summed E-state index contributed by atoms with van der Waals surface area (Å²) in [5, 5.41) is 0. The van der Waals surface area contributed by atoms with E-state index in [2.05, 4.69) is 50.2 Å². The first-order chi connectivity index (χ1) is 7.65. The van der Waals surface area contributed by atoms with Crippen LogP contribution in [0.2, 0.25) is 0 Å². The average Bonchev–Trinajstić information content (AvgIpc) is 2.28. The lowest BCUT2D eigenvalue weighted by Crippen LogP contribution is -2.15. The molecule has 2 N–H and O–H groups in total. The second kappa shape index (κ2) is 6.94. The summed E-state index contributed by atoms with van der Waals surface area (Å²) in [4.78, 5) is 3.54. The van der Waals surface area contributed by atoms with E-state index in [4.69, 9.17) is 5.73 Å². The number of hydrogen-bond acceptors (Lipinski definition) is 3. The van der Waals surface area contributed by atoms with Crippen LogP contribution in [0.3, 0.4) is 0 Å². The first-order valence-electron chi connectivity index (χ1n) is 5.77. The predicted molar refractivity (Wildman–Crippen MR) is 72.9 cm³/mol. The Morgan fingerprint density at radius 2 is 2.00 bits per heavy atom. The van der Waals surface area contributed by atoms with Crippen molar-refractivity contribution in [3.8, 4) is 0 Å². The summed E-state index contributed by atoms with van der Waals surface area (Å²) in [5.74, 6) is 1.11. The maximum Gasteiger partial charge on any atom is 0.0303 e. The van der Waals surface area contributed by atoms with E-state index in [9.17, 15) is 0 Å². The number of benzene rings is 1. The van der Waals surface area contributed by atoms with E-state index in [1.165, 1.54) is 10.5 Å². The van der Waals surface area contributed by atoms with Gasteiger partial charge >= 0.3 is 0 Å². The summed E-state index contributed by atoms with van der Waals surface area (Å²) < 4.78 is 0. The minimum Gasteiger partial charge on any atom is -0.324 e. The van der Waals surface area contributed by atoms with Crippen LogP contribution in [-0.2, 0) is 0 Å². The zero-order valence-electron chi connectivity index (χ0n) is 10.4. The molecule has 1 rings (SSSR count). The molecule has 0 heterocycles. The van der Waals surface area contributed by atoms with Gasteiger partial charge in [-0.1, -0.05) is 25.1 Å². The van der Waals surface area contributed by atoms with Gasteiger partial charge in [0.2, 0.25) is 0 Å². The molecule has 0 saturated heterocycles. The molecule has 0 fully saturated rings. The Morgan fingerprint density at radius 3 is 2.62 bits per heavy atom. The van der Waals surface area contributed by atoms with Crippen LogP contribution in [0, 0.1) is 0 Å². The zero-order chi connectivity index (χ0) is 12.0. The Morgan fingerprint density at radius 1 is 1.31 bits per heavy atom. The van der Waals surface area contributed by atoms with Crippen molar-refractivity contribution in [1.82, 2.24) is 4.90 Å². The van der Waals surface area contributed by atoms with Gasteiger partial charge in [-0.3, -0.25) is 0 Å². The van der Waals surface area contributed by atoms with Crippen molar-refractivity contribution >= 4 is 11.8 Å². The molecule has 0 unspecified atom stereocenters. The Bertz CT molecular complexity index is 313. The summed E-state index contributed by atoms with van der Waals surface area (Å²) in [6.45, 7) is 3.23. The summed E-state index contributed by atoms with van der Waals surface area (Å²) in [6.07, 6.45) is 0.991. The van der Waals surface area contributed by atoms with E-state index in [1.54, 1.807) is 0 Å². The number of nitrogens with two attached hydrogens (primary N) is 1. The molecule has 0 aliphatic heterocycles. The van der Waals surface area contributed by atoms with E-state index in [0.29, 0.717) is 0 Å². The second-order valence-electron chi connectivity index (χ2n) is 4.20. The molecule has 0 spiro atoms. The third-order valence-electron chi connectivity index (χ3n) is 2.55. The smallest absolute Gasteiger partial charge is 0.0303 e. The average molecular weight is 238 g/mol. The minimum absolute atomic E-state index is 0.169. The maximum atomic E-state index is 6.10. The van der Waals surface area contributed by atoms with Gasteiger partial charge in [0.25, 0.3) is 0 Å². The third kappa shape index (κ3) is 4.16. The van der Waals surface area contributed by atoms with Crippen LogP contribution in [0.5, 0.6) is 0 Å². The molecule has 0 saturated carbocycles. The van der Waals surface area contributed by atoms with Crippen LogP contribution >= 0.6 is 11.8 Å². The SMILES string of the molecule is CC[C@H](N)c1ccccc1SCCN(C)C. The van der Waals surface area contributed by atoms with Crippen molar-refractivity contribution in [3.05, 3.63) is 29.8 Å². The van der Waals surface area contributed by atoms with E-state index in [1.807, 2.05) is 11.8 Å². The van der Waals surface area contributed by atoms with Crippen molar-refractivity contribution in [2.24, 2.45) is 5.73 Å². The molecular formula is C13H22N2S. The molecule has 0 aliphatic rings. The van der Waals surface area contributed by atoms with Gasteiger partial charge in [0.15, 0.2) is 0 Å². The summed E-state index contributed by atoms with van der Waals surface area (Å²) in [7, 11) is 4.20. The van der Waals surface area contributed by atoms with Gasteiger partial charge in [0.1, 0.15) is 0 Å². The quantitative estimate of drug-likeness (QED) is 0.773. The van der Waals surface area contributed by atoms with Crippen LogP contribution in [0.15, 0.2) is 29.2 Å². The van der Waals surface area contributed by atoms with Crippen LogP contribution in [0.4, 0.5) is 0 Å². The summed E-state index contributed by atoms with van der Waals surface area (Å²) in [6, 6.07) is 8.64. The van der Waals surface area contributed by atoms with E-state index in [0.717, 1.165) is 18.7 Å². The molecule has 0 bridgehead atoms. The lowest BCUT2D eigenvalue weighted by atomic mass is 10.1. The Labute approximate surface area is 103 Å². The number of nitrogens with zero attached hydrogens (tertiary/aromatic N) is 1. The lowest BCUT2D eigenvalue weighted by molar-refractivity contribution is 0.437. The van der Waals surface area contributed by atoms with Gasteiger partial charge in [-0.2, -0.15) is 0 Å². The fraction of sp³-hybridized carbons (Fsp3) is 0.538. The van der Waals surface area contributed by atoms with Crippen molar-refractivity contribution in [3.63, 3.8) is 0 Å². The highest BCUT2D eigenvalue weighted by atomic mass is 32.2. The Hall–Kier alpha value is -0.510. The second-order valence-corrected chi connectivity index (χ2v) is 5.34. The van der Waals surface area contributed by atoms with Gasteiger partial charge in [-0.05, 0) is 32.1 Å². The van der Waals surface area contributed by atoms with Crippen LogP contribution in [-0.4, -0.2) is 31.3 Å². The molecule has 0 aliphatic carbocycles. The maximum absolute atomic E-state index is 6.10. The van der Waals surface area contributed by atoms with Gasteiger partial charge in [-0.25, -0.2) is 0 Å². The molecule has 3 heteroatoms. The minimum atomic E-state index is 0.169. The lowest BCUT2D eigenvalue weighted by Gasteiger charge is -2.15. The fourth-order valence-corrected chi connectivity index (χ4v) is 2.71. The van der Waals surface area contributed by atoms with Crippen molar-refractivity contribution in [2.45, 2.75) is 24.3 Å². The topological polar surface area (TPSA) is 29.3 Å². The highest BCUT2D eigenvalue weighted by Crippen LogP contribution is 2.27. The highest BCUT2D eigenvalue weighted by Gasteiger charge is 2.08. The first kappa shape index (κ1) is 13.6. The fourth-order valence-electron chi connectivity index (χ4n) is 1.48. The number of rotatable bonds is 6. The van der Waals surface area contributed by atoms with E-state index >= 15 is 0 Å². The standard InChI is InChI=1S/C13H22N2S/c1-4-12(14)11-7-5-6-8-13(11)16-10-9-15(2)3/h5-8,12H,4,9-10,14H2,1-3H3/t12-/m0/s1. The zero-order valence-corrected chi connectivity index (χ0v) is 11.3. The van der Waals surface area contributed by atoms with Crippen molar-refractivity contribution in [1.29, 1.82) is 0 Å². The first-order valence-corrected chi connectivity index (χ1v) is 6.75. The largest absolute Gasteiger partial charge is 0.324 e. The Kier molecular flexibility index (Phi) is 5.88. The molecule has 0 aromatic heterocycles. The normalized spacial score (nSPS) is 13.1. The van der Waals surface area contributed by atoms with Gasteiger partial charge in [0.05, 0.1) is 0 Å². The molecule has 0 amide bonds. The predicted octanol–water partition coefficient (Wildman–Crippen LogP) is 2.75. The molecule has 0 radical (unpaired) electrons.